The Labute approximate surface area is 145 Å². The van der Waals surface area contributed by atoms with Gasteiger partial charge in [0.15, 0.2) is 0 Å². The molecule has 2 aromatic rings. The van der Waals surface area contributed by atoms with E-state index >= 15 is 0 Å². The molecule has 1 aliphatic heterocycles. The second-order valence-corrected chi connectivity index (χ2v) is 6.54. The number of amides is 2. The van der Waals surface area contributed by atoms with Crippen molar-refractivity contribution in [1.29, 1.82) is 0 Å². The number of rotatable bonds is 3. The van der Waals surface area contributed by atoms with E-state index in [-0.39, 0.29) is 17.7 Å². The van der Waals surface area contributed by atoms with Crippen LogP contribution in [0.2, 0.25) is 0 Å². The van der Waals surface area contributed by atoms with E-state index in [0.29, 0.717) is 4.91 Å². The summed E-state index contributed by atoms with van der Waals surface area (Å²) in [5.74, 6) is 2.00. The highest BCUT2D eigenvalue weighted by atomic mass is 32.2. The van der Waals surface area contributed by atoms with Crippen LogP contribution < -0.4 is 0 Å². The molecular formula is C19H16N2O2S. The molecule has 4 nitrogen and oxygen atoms in total. The zero-order valence-corrected chi connectivity index (χ0v) is 14.3. The Morgan fingerprint density at radius 2 is 2.00 bits per heavy atom. The minimum Gasteiger partial charge on any atom is -0.317 e. The molecule has 3 rings (SSSR count). The molecule has 0 spiro atoms. The van der Waals surface area contributed by atoms with E-state index in [1.54, 1.807) is 6.08 Å². The summed E-state index contributed by atoms with van der Waals surface area (Å²) in [5.41, 5.74) is 4.27. The van der Waals surface area contributed by atoms with Crippen molar-refractivity contribution in [3.8, 4) is 18.0 Å². The number of thioether (sulfide) groups is 1. The maximum Gasteiger partial charge on any atom is 0.294 e. The molecule has 5 heteroatoms. The average molecular weight is 336 g/mol. The summed E-state index contributed by atoms with van der Waals surface area (Å²) in [6.45, 7) is 4.13. The van der Waals surface area contributed by atoms with Gasteiger partial charge in [-0.3, -0.25) is 14.5 Å². The lowest BCUT2D eigenvalue weighted by Crippen LogP contribution is -2.28. The van der Waals surface area contributed by atoms with Crippen LogP contribution in [0.25, 0.3) is 11.8 Å². The predicted octanol–water partition coefficient (Wildman–Crippen LogP) is 3.76. The summed E-state index contributed by atoms with van der Waals surface area (Å²) >= 11 is 0.919. The largest absolute Gasteiger partial charge is 0.317 e. The van der Waals surface area contributed by atoms with E-state index in [9.17, 15) is 9.59 Å². The number of hydrogen-bond donors (Lipinski definition) is 0. The highest BCUT2D eigenvalue weighted by molar-refractivity contribution is 8.18. The molecule has 0 bridgehead atoms. The van der Waals surface area contributed by atoms with Gasteiger partial charge in [0.25, 0.3) is 11.1 Å². The SMILES string of the molecule is C#CCN1C(=O)SC(=Cc2cccn2-c2ccc(C)c(C)c2)C1=O. The molecule has 0 unspecified atom stereocenters. The van der Waals surface area contributed by atoms with Gasteiger partial charge in [0.1, 0.15) is 0 Å². The van der Waals surface area contributed by atoms with Gasteiger partial charge in [0.05, 0.1) is 11.4 Å². The third-order valence-electron chi connectivity index (χ3n) is 3.95. The van der Waals surface area contributed by atoms with Crippen LogP contribution in [0, 0.1) is 26.2 Å². The summed E-state index contributed by atoms with van der Waals surface area (Å²) in [7, 11) is 0. The number of hydrogen-bond acceptors (Lipinski definition) is 3. The molecule has 0 N–H and O–H groups in total. The normalized spacial score (nSPS) is 16.0. The van der Waals surface area contributed by atoms with Crippen molar-refractivity contribution >= 4 is 29.0 Å². The van der Waals surface area contributed by atoms with Gasteiger partial charge < -0.3 is 4.57 Å². The average Bonchev–Trinajstić information content (AvgIpc) is 3.11. The standard InChI is InChI=1S/C19H16N2O2S/c1-4-9-21-18(22)17(24-19(21)23)12-15-6-5-10-20(15)16-8-7-13(2)14(3)11-16/h1,5-8,10-12H,9H2,2-3H3. The molecule has 24 heavy (non-hydrogen) atoms. The highest BCUT2D eigenvalue weighted by Crippen LogP contribution is 2.32. The fraction of sp³-hybridized carbons (Fsp3) is 0.158. The first-order valence-electron chi connectivity index (χ1n) is 7.45. The number of nitrogens with zero attached hydrogens (tertiary/aromatic N) is 2. The van der Waals surface area contributed by atoms with Gasteiger partial charge in [-0.25, -0.2) is 0 Å². The maximum absolute atomic E-state index is 12.3. The minimum absolute atomic E-state index is 0.000174. The van der Waals surface area contributed by atoms with Crippen molar-refractivity contribution in [2.45, 2.75) is 13.8 Å². The zero-order valence-electron chi connectivity index (χ0n) is 13.4. The summed E-state index contributed by atoms with van der Waals surface area (Å²) < 4.78 is 1.99. The molecular weight excluding hydrogens is 320 g/mol. The highest BCUT2D eigenvalue weighted by Gasteiger charge is 2.34. The first-order chi connectivity index (χ1) is 11.5. The first-order valence-corrected chi connectivity index (χ1v) is 8.26. The summed E-state index contributed by atoms with van der Waals surface area (Å²) in [6, 6.07) is 10.0. The molecule has 1 aliphatic rings. The zero-order chi connectivity index (χ0) is 17.3. The van der Waals surface area contributed by atoms with Crippen molar-refractivity contribution in [1.82, 2.24) is 9.47 Å². The molecule has 0 atom stereocenters. The number of aromatic nitrogens is 1. The Bertz CT molecular complexity index is 902. The molecule has 2 heterocycles. The Hall–Kier alpha value is -2.71. The lowest BCUT2D eigenvalue weighted by atomic mass is 10.1. The van der Waals surface area contributed by atoms with E-state index < -0.39 is 0 Å². The van der Waals surface area contributed by atoms with Crippen LogP contribution in [0.3, 0.4) is 0 Å². The van der Waals surface area contributed by atoms with Crippen LogP contribution in [0.4, 0.5) is 4.79 Å². The van der Waals surface area contributed by atoms with Gasteiger partial charge in [-0.05, 0) is 67.1 Å². The van der Waals surface area contributed by atoms with Crippen molar-refractivity contribution in [3.05, 3.63) is 58.3 Å². The van der Waals surface area contributed by atoms with Crippen LogP contribution in [-0.4, -0.2) is 27.2 Å². The molecule has 1 fully saturated rings. The van der Waals surface area contributed by atoms with Gasteiger partial charge in [0, 0.05) is 17.6 Å². The van der Waals surface area contributed by atoms with Crippen molar-refractivity contribution in [2.24, 2.45) is 0 Å². The van der Waals surface area contributed by atoms with Crippen molar-refractivity contribution in [3.63, 3.8) is 0 Å². The van der Waals surface area contributed by atoms with Gasteiger partial charge in [-0.15, -0.1) is 6.42 Å². The van der Waals surface area contributed by atoms with E-state index in [1.165, 1.54) is 11.1 Å². The predicted molar refractivity (Wildman–Crippen MR) is 96.8 cm³/mol. The van der Waals surface area contributed by atoms with E-state index in [2.05, 4.69) is 31.9 Å². The Morgan fingerprint density at radius 1 is 1.21 bits per heavy atom. The summed E-state index contributed by atoms with van der Waals surface area (Å²) in [4.78, 5) is 25.6. The van der Waals surface area contributed by atoms with Crippen molar-refractivity contribution < 1.29 is 9.59 Å². The molecule has 0 radical (unpaired) electrons. The molecule has 1 saturated heterocycles. The maximum atomic E-state index is 12.3. The lowest BCUT2D eigenvalue weighted by molar-refractivity contribution is -0.122. The number of imide groups is 1. The Kier molecular flexibility index (Phi) is 4.32. The first kappa shape index (κ1) is 16.2. The van der Waals surface area contributed by atoms with Gasteiger partial charge in [-0.1, -0.05) is 12.0 Å². The van der Waals surface area contributed by atoms with E-state index in [4.69, 9.17) is 6.42 Å². The third kappa shape index (κ3) is 2.89. The molecule has 2 amide bonds. The molecule has 120 valence electrons. The van der Waals surface area contributed by atoms with Gasteiger partial charge >= 0.3 is 0 Å². The van der Waals surface area contributed by atoms with E-state index in [0.717, 1.165) is 28.0 Å². The molecule has 0 saturated carbocycles. The van der Waals surface area contributed by atoms with Gasteiger partial charge in [0.2, 0.25) is 0 Å². The van der Waals surface area contributed by atoms with Crippen LogP contribution in [-0.2, 0) is 4.79 Å². The van der Waals surface area contributed by atoms with E-state index in [1.807, 2.05) is 29.0 Å². The molecule has 0 aliphatic carbocycles. The number of aryl methyl sites for hydroxylation is 2. The van der Waals surface area contributed by atoms with Crippen LogP contribution in [0.5, 0.6) is 0 Å². The number of benzene rings is 1. The second kappa shape index (κ2) is 6.42. The summed E-state index contributed by atoms with van der Waals surface area (Å²) in [5, 5.41) is -0.325. The quantitative estimate of drug-likeness (QED) is 0.633. The smallest absolute Gasteiger partial charge is 0.294 e. The van der Waals surface area contributed by atoms with Crippen molar-refractivity contribution in [2.75, 3.05) is 6.54 Å². The number of terminal acetylenes is 1. The van der Waals surface area contributed by atoms with Crippen LogP contribution in [0.1, 0.15) is 16.8 Å². The fourth-order valence-electron chi connectivity index (χ4n) is 2.48. The number of carbonyl (C=O) groups is 2. The van der Waals surface area contributed by atoms with Crippen LogP contribution in [0.15, 0.2) is 41.4 Å². The van der Waals surface area contributed by atoms with Gasteiger partial charge in [-0.2, -0.15) is 0 Å². The second-order valence-electron chi connectivity index (χ2n) is 5.54. The Balaban J connectivity index is 1.97. The summed E-state index contributed by atoms with van der Waals surface area (Å²) in [6.07, 6.45) is 8.88. The van der Waals surface area contributed by atoms with Crippen LogP contribution >= 0.6 is 11.8 Å². The topological polar surface area (TPSA) is 42.3 Å². The Morgan fingerprint density at radius 3 is 2.71 bits per heavy atom. The molecule has 1 aromatic carbocycles. The third-order valence-corrected chi connectivity index (χ3v) is 4.86. The minimum atomic E-state index is -0.337. The lowest BCUT2D eigenvalue weighted by Gasteiger charge is -2.10. The fourth-order valence-corrected chi connectivity index (χ4v) is 3.31. The molecule has 1 aromatic heterocycles. The monoisotopic (exact) mass is 336 g/mol. The number of carbonyl (C=O) groups excluding carboxylic acids is 2.